The van der Waals surface area contributed by atoms with Gasteiger partial charge in [0.15, 0.2) is 5.69 Å². The second-order valence-corrected chi connectivity index (χ2v) is 9.06. The number of aromatic nitrogens is 3. The van der Waals surface area contributed by atoms with E-state index in [1.54, 1.807) is 56.7 Å². The van der Waals surface area contributed by atoms with E-state index in [1.165, 1.54) is 23.5 Å². The van der Waals surface area contributed by atoms with Gasteiger partial charge in [-0.25, -0.2) is 18.7 Å². The molecular formula is C28H21FN6OS. The van der Waals surface area contributed by atoms with Crippen molar-refractivity contribution in [1.82, 2.24) is 14.0 Å². The summed E-state index contributed by atoms with van der Waals surface area (Å²) in [6.07, 6.45) is 1.65. The molecule has 0 N–H and O–H groups in total. The molecule has 2 heterocycles. The van der Waals surface area contributed by atoms with Gasteiger partial charge in [-0.2, -0.15) is 10.4 Å². The van der Waals surface area contributed by atoms with Crippen LogP contribution in [-0.4, -0.2) is 20.3 Å². The first kappa shape index (κ1) is 23.9. The minimum atomic E-state index is -0.335. The molecule has 0 unspecified atom stereocenters. The highest BCUT2D eigenvalue weighted by atomic mass is 32.1. The van der Waals surface area contributed by atoms with E-state index in [9.17, 15) is 9.18 Å². The van der Waals surface area contributed by atoms with E-state index in [2.05, 4.69) is 11.2 Å². The number of thiazole rings is 1. The summed E-state index contributed by atoms with van der Waals surface area (Å²) in [5.74, 6) is -0.335. The molecule has 182 valence electrons. The molecule has 0 fully saturated rings. The van der Waals surface area contributed by atoms with Crippen LogP contribution in [-0.2, 0) is 7.05 Å². The second-order valence-electron chi connectivity index (χ2n) is 8.22. The van der Waals surface area contributed by atoms with Crippen molar-refractivity contribution in [2.45, 2.75) is 6.92 Å². The van der Waals surface area contributed by atoms with Crippen LogP contribution in [0.1, 0.15) is 16.8 Å². The van der Waals surface area contributed by atoms with E-state index in [0.29, 0.717) is 27.4 Å². The number of nitrogens with zero attached hydrogens (tertiary/aromatic N) is 6. The molecule has 7 nitrogen and oxygen atoms in total. The lowest BCUT2D eigenvalue weighted by Crippen LogP contribution is -2.19. The van der Waals surface area contributed by atoms with Gasteiger partial charge in [-0.1, -0.05) is 30.3 Å². The standard InChI is InChI=1S/C28H21FN6OS/c1-19-26(27(36)35(33(19)2)24-6-4-3-5-7-24)32-28-34(31-17-21-10-8-20(16-30)9-11-21)25(18-37-28)22-12-14-23(29)15-13-22/h3-15,17-18H,1-2H3/b31-17+,32-28?. The van der Waals surface area contributed by atoms with Crippen LogP contribution in [0.15, 0.2) is 99.1 Å². The summed E-state index contributed by atoms with van der Waals surface area (Å²) in [6, 6.07) is 24.6. The third kappa shape index (κ3) is 4.70. The summed E-state index contributed by atoms with van der Waals surface area (Å²) in [5.41, 5.74) is 4.30. The molecule has 0 aliphatic carbocycles. The van der Waals surface area contributed by atoms with Gasteiger partial charge in [0.25, 0.3) is 5.56 Å². The van der Waals surface area contributed by atoms with Gasteiger partial charge in [-0.05, 0) is 61.0 Å². The Balaban J connectivity index is 1.67. The van der Waals surface area contributed by atoms with Crippen molar-refractivity contribution in [1.29, 1.82) is 5.26 Å². The van der Waals surface area contributed by atoms with Crippen molar-refractivity contribution in [3.8, 4) is 23.0 Å². The van der Waals surface area contributed by atoms with Crippen molar-refractivity contribution in [3.05, 3.63) is 122 Å². The van der Waals surface area contributed by atoms with E-state index in [0.717, 1.165) is 16.8 Å². The van der Waals surface area contributed by atoms with Crippen molar-refractivity contribution < 1.29 is 4.39 Å². The highest BCUT2D eigenvalue weighted by Gasteiger charge is 2.17. The number of rotatable bonds is 5. The zero-order chi connectivity index (χ0) is 25.9. The first-order valence-electron chi connectivity index (χ1n) is 11.4. The summed E-state index contributed by atoms with van der Waals surface area (Å²) in [7, 11) is 1.82. The minimum Gasteiger partial charge on any atom is -0.283 e. The van der Waals surface area contributed by atoms with Gasteiger partial charge in [0, 0.05) is 18.0 Å². The molecule has 0 amide bonds. The molecular weight excluding hydrogens is 487 g/mol. The van der Waals surface area contributed by atoms with Crippen LogP contribution in [0.4, 0.5) is 10.1 Å². The molecule has 3 aromatic carbocycles. The maximum atomic E-state index is 13.6. The number of hydrogen-bond acceptors (Lipinski definition) is 5. The Hall–Kier alpha value is -4.81. The maximum absolute atomic E-state index is 13.6. The van der Waals surface area contributed by atoms with Crippen LogP contribution in [0.3, 0.4) is 0 Å². The van der Waals surface area contributed by atoms with Crippen molar-refractivity contribution >= 4 is 23.2 Å². The van der Waals surface area contributed by atoms with Crippen LogP contribution in [0, 0.1) is 24.1 Å². The van der Waals surface area contributed by atoms with Crippen molar-refractivity contribution in [2.24, 2.45) is 17.1 Å². The second kappa shape index (κ2) is 10.0. The van der Waals surface area contributed by atoms with Crippen LogP contribution in [0.5, 0.6) is 0 Å². The zero-order valence-corrected chi connectivity index (χ0v) is 20.9. The molecule has 0 radical (unpaired) electrons. The van der Waals surface area contributed by atoms with Crippen molar-refractivity contribution in [3.63, 3.8) is 0 Å². The molecule has 37 heavy (non-hydrogen) atoms. The predicted octanol–water partition coefficient (Wildman–Crippen LogP) is 5.14. The molecule has 0 saturated carbocycles. The van der Waals surface area contributed by atoms with Gasteiger partial charge in [-0.3, -0.25) is 9.48 Å². The van der Waals surface area contributed by atoms with Crippen LogP contribution < -0.4 is 10.4 Å². The fourth-order valence-corrected chi connectivity index (χ4v) is 4.70. The molecule has 2 aromatic heterocycles. The Morgan fingerprint density at radius 3 is 2.38 bits per heavy atom. The summed E-state index contributed by atoms with van der Waals surface area (Å²) in [4.78, 5) is 18.6. The Morgan fingerprint density at radius 2 is 1.70 bits per heavy atom. The largest absolute Gasteiger partial charge is 0.297 e. The molecule has 0 aliphatic heterocycles. The van der Waals surface area contributed by atoms with Gasteiger partial charge in [0.1, 0.15) is 5.82 Å². The SMILES string of the molecule is Cc1c(N=c2scc(-c3ccc(F)cc3)n2/N=C/c2ccc(C#N)cc2)c(=O)n(-c2ccccc2)n1C. The smallest absolute Gasteiger partial charge is 0.283 e. The van der Waals surface area contributed by atoms with E-state index in [1.807, 2.05) is 49.7 Å². The number of benzene rings is 3. The normalized spacial score (nSPS) is 11.8. The van der Waals surface area contributed by atoms with Gasteiger partial charge < -0.3 is 0 Å². The fraction of sp³-hybridized carbons (Fsp3) is 0.0714. The summed E-state index contributed by atoms with van der Waals surface area (Å²) in [6.45, 7) is 1.85. The zero-order valence-electron chi connectivity index (χ0n) is 20.0. The number of para-hydroxylation sites is 1. The average molecular weight is 509 g/mol. The number of hydrogen-bond donors (Lipinski definition) is 0. The third-order valence-electron chi connectivity index (χ3n) is 5.92. The Kier molecular flexibility index (Phi) is 6.49. The van der Waals surface area contributed by atoms with E-state index in [4.69, 9.17) is 10.3 Å². The Labute approximate surface area is 215 Å². The molecule has 0 bridgehead atoms. The molecule has 0 aliphatic rings. The highest BCUT2D eigenvalue weighted by molar-refractivity contribution is 7.07. The lowest BCUT2D eigenvalue weighted by Gasteiger charge is -2.07. The number of nitriles is 1. The van der Waals surface area contributed by atoms with E-state index < -0.39 is 0 Å². The molecule has 0 saturated heterocycles. The summed E-state index contributed by atoms with van der Waals surface area (Å²) >= 11 is 1.33. The summed E-state index contributed by atoms with van der Waals surface area (Å²) < 4.78 is 18.6. The first-order valence-corrected chi connectivity index (χ1v) is 12.2. The third-order valence-corrected chi connectivity index (χ3v) is 6.73. The predicted molar refractivity (Wildman–Crippen MR) is 143 cm³/mol. The lowest BCUT2D eigenvalue weighted by atomic mass is 10.2. The Morgan fingerprint density at radius 1 is 1.00 bits per heavy atom. The topological polar surface area (TPSA) is 80.4 Å². The molecule has 5 aromatic rings. The van der Waals surface area contributed by atoms with Gasteiger partial charge >= 0.3 is 0 Å². The Bertz CT molecular complexity index is 1770. The van der Waals surface area contributed by atoms with Crippen LogP contribution in [0.25, 0.3) is 16.9 Å². The van der Waals surface area contributed by atoms with Crippen LogP contribution >= 0.6 is 11.3 Å². The molecule has 0 atom stereocenters. The summed E-state index contributed by atoms with van der Waals surface area (Å²) in [5, 5.41) is 15.6. The average Bonchev–Trinajstić information content (AvgIpc) is 3.42. The number of halogens is 1. The quantitative estimate of drug-likeness (QED) is 0.308. The minimum absolute atomic E-state index is 0.245. The monoisotopic (exact) mass is 508 g/mol. The highest BCUT2D eigenvalue weighted by Crippen LogP contribution is 2.22. The molecule has 9 heteroatoms. The van der Waals surface area contributed by atoms with Gasteiger partial charge in [-0.15, -0.1) is 11.3 Å². The fourth-order valence-electron chi connectivity index (χ4n) is 3.85. The van der Waals surface area contributed by atoms with E-state index >= 15 is 0 Å². The van der Waals surface area contributed by atoms with E-state index in [-0.39, 0.29) is 11.4 Å². The van der Waals surface area contributed by atoms with Gasteiger partial charge in [0.05, 0.1) is 34.9 Å². The lowest BCUT2D eigenvalue weighted by molar-refractivity contribution is 0.628. The molecule has 0 spiro atoms. The molecule has 5 rings (SSSR count). The maximum Gasteiger partial charge on any atom is 0.297 e. The first-order chi connectivity index (χ1) is 18.0. The van der Waals surface area contributed by atoms with Crippen molar-refractivity contribution in [2.75, 3.05) is 0 Å². The van der Waals surface area contributed by atoms with Gasteiger partial charge in [0.2, 0.25) is 4.80 Å². The van der Waals surface area contributed by atoms with Crippen LogP contribution in [0.2, 0.25) is 0 Å².